The van der Waals surface area contributed by atoms with Crippen LogP contribution in [0.5, 0.6) is 11.5 Å². The summed E-state index contributed by atoms with van der Waals surface area (Å²) >= 11 is 5.80. The number of halogens is 1. The van der Waals surface area contributed by atoms with Gasteiger partial charge in [0.2, 0.25) is 0 Å². The molecule has 2 aromatic heterocycles. The molecule has 0 fully saturated rings. The fraction of sp³-hybridized carbons (Fsp3) is 0.167. The van der Waals surface area contributed by atoms with Crippen LogP contribution in [-0.4, -0.2) is 9.97 Å². The van der Waals surface area contributed by atoms with Crippen LogP contribution in [0.25, 0.3) is 0 Å². The molecule has 0 unspecified atom stereocenters. The van der Waals surface area contributed by atoms with Gasteiger partial charge in [0.05, 0.1) is 11.6 Å². The Kier molecular flexibility index (Phi) is 3.37. The number of hydrogen-bond donors (Lipinski definition) is 0. The van der Waals surface area contributed by atoms with Crippen LogP contribution >= 0.6 is 11.6 Å². The van der Waals surface area contributed by atoms with E-state index in [4.69, 9.17) is 16.3 Å². The topological polar surface area (TPSA) is 35.0 Å². The minimum Gasteiger partial charge on any atom is -0.455 e. The summed E-state index contributed by atoms with van der Waals surface area (Å²) < 4.78 is 5.74. The number of hydrogen-bond acceptors (Lipinski definition) is 3. The molecule has 0 aliphatic heterocycles. The summed E-state index contributed by atoms with van der Waals surface area (Å²) in [5.74, 6) is 1.84. The van der Waals surface area contributed by atoms with Gasteiger partial charge in [-0.05, 0) is 25.1 Å². The zero-order valence-corrected chi connectivity index (χ0v) is 9.61. The number of ether oxygens (including phenoxy) is 1. The van der Waals surface area contributed by atoms with E-state index in [-0.39, 0.29) is 0 Å². The predicted molar refractivity (Wildman–Crippen MR) is 62.8 cm³/mol. The van der Waals surface area contributed by atoms with Crippen molar-refractivity contribution in [2.75, 3.05) is 0 Å². The Hall–Kier alpha value is -1.61. The molecule has 0 aliphatic rings. The molecule has 0 amide bonds. The highest BCUT2D eigenvalue weighted by molar-refractivity contribution is 6.17. The van der Waals surface area contributed by atoms with Gasteiger partial charge < -0.3 is 4.74 Å². The van der Waals surface area contributed by atoms with E-state index >= 15 is 0 Å². The highest BCUT2D eigenvalue weighted by atomic mass is 35.5. The van der Waals surface area contributed by atoms with E-state index in [1.165, 1.54) is 0 Å². The lowest BCUT2D eigenvalue weighted by Crippen LogP contribution is -1.93. The molecule has 0 spiro atoms. The van der Waals surface area contributed by atoms with Gasteiger partial charge in [0, 0.05) is 24.2 Å². The van der Waals surface area contributed by atoms with E-state index in [0.29, 0.717) is 5.88 Å². The van der Waals surface area contributed by atoms with Crippen molar-refractivity contribution in [1.82, 2.24) is 9.97 Å². The Labute approximate surface area is 99.1 Å². The largest absolute Gasteiger partial charge is 0.455 e. The maximum atomic E-state index is 5.80. The van der Waals surface area contributed by atoms with E-state index in [1.54, 1.807) is 24.7 Å². The number of rotatable bonds is 3. The van der Waals surface area contributed by atoms with Crippen molar-refractivity contribution >= 4 is 11.6 Å². The molecule has 2 rings (SSSR count). The molecule has 16 heavy (non-hydrogen) atoms. The van der Waals surface area contributed by atoms with Crippen molar-refractivity contribution < 1.29 is 4.74 Å². The summed E-state index contributed by atoms with van der Waals surface area (Å²) in [5, 5.41) is 0. The van der Waals surface area contributed by atoms with E-state index < -0.39 is 0 Å². The van der Waals surface area contributed by atoms with Crippen LogP contribution in [0.15, 0.2) is 36.8 Å². The molecular weight excluding hydrogens is 224 g/mol. The fourth-order valence-electron chi connectivity index (χ4n) is 1.31. The molecule has 0 N–H and O–H groups in total. The Balaban J connectivity index is 2.30. The average molecular weight is 235 g/mol. The normalized spacial score (nSPS) is 10.1. The Morgan fingerprint density at radius 2 is 2.12 bits per heavy atom. The van der Waals surface area contributed by atoms with E-state index in [2.05, 4.69) is 9.97 Å². The Morgan fingerprint density at radius 3 is 2.88 bits per heavy atom. The van der Waals surface area contributed by atoms with Crippen molar-refractivity contribution in [3.63, 3.8) is 0 Å². The third-order valence-corrected chi connectivity index (χ3v) is 2.47. The van der Waals surface area contributed by atoms with Crippen LogP contribution < -0.4 is 4.74 Å². The summed E-state index contributed by atoms with van der Waals surface area (Å²) in [6.45, 7) is 1.90. The van der Waals surface area contributed by atoms with Crippen molar-refractivity contribution in [1.29, 1.82) is 0 Å². The van der Waals surface area contributed by atoms with E-state index in [0.717, 1.165) is 22.8 Å². The first-order chi connectivity index (χ1) is 7.81. The van der Waals surface area contributed by atoms with Crippen LogP contribution in [0.1, 0.15) is 11.3 Å². The molecule has 0 radical (unpaired) electrons. The summed E-state index contributed by atoms with van der Waals surface area (Å²) in [6.07, 6.45) is 5.11. The average Bonchev–Trinajstić information content (AvgIpc) is 2.33. The number of aromatic nitrogens is 2. The van der Waals surface area contributed by atoms with Crippen LogP contribution in [0.2, 0.25) is 0 Å². The van der Waals surface area contributed by atoms with Crippen LogP contribution in [0.4, 0.5) is 0 Å². The van der Waals surface area contributed by atoms with Crippen LogP contribution in [-0.2, 0) is 5.88 Å². The Bertz CT molecular complexity index is 488. The van der Waals surface area contributed by atoms with E-state index in [9.17, 15) is 0 Å². The van der Waals surface area contributed by atoms with Gasteiger partial charge >= 0.3 is 0 Å². The maximum absolute atomic E-state index is 5.80. The first-order valence-electron chi connectivity index (χ1n) is 4.89. The zero-order chi connectivity index (χ0) is 11.4. The van der Waals surface area contributed by atoms with Gasteiger partial charge in [0.1, 0.15) is 11.5 Å². The first-order valence-corrected chi connectivity index (χ1v) is 5.43. The summed E-state index contributed by atoms with van der Waals surface area (Å²) in [7, 11) is 0. The van der Waals surface area contributed by atoms with Gasteiger partial charge in [0.25, 0.3) is 0 Å². The minimum atomic E-state index is 0.377. The highest BCUT2D eigenvalue weighted by Gasteiger charge is 2.05. The van der Waals surface area contributed by atoms with Gasteiger partial charge in [0.15, 0.2) is 0 Å². The minimum absolute atomic E-state index is 0.377. The molecule has 4 heteroatoms. The van der Waals surface area contributed by atoms with Crippen molar-refractivity contribution in [2.24, 2.45) is 0 Å². The monoisotopic (exact) mass is 234 g/mol. The molecule has 82 valence electrons. The van der Waals surface area contributed by atoms with Gasteiger partial charge in [-0.3, -0.25) is 9.97 Å². The molecule has 0 saturated heterocycles. The summed E-state index contributed by atoms with van der Waals surface area (Å²) in [5.41, 5.74) is 1.72. The highest BCUT2D eigenvalue weighted by Crippen LogP contribution is 2.26. The predicted octanol–water partition coefficient (Wildman–Crippen LogP) is 3.32. The van der Waals surface area contributed by atoms with Crippen LogP contribution in [0, 0.1) is 6.92 Å². The quantitative estimate of drug-likeness (QED) is 0.765. The maximum Gasteiger partial charge on any atom is 0.148 e. The van der Waals surface area contributed by atoms with Crippen LogP contribution in [0.3, 0.4) is 0 Å². The third-order valence-electron chi connectivity index (χ3n) is 2.18. The number of alkyl halides is 1. The molecule has 2 aromatic rings. The first kappa shape index (κ1) is 10.9. The Morgan fingerprint density at radius 1 is 1.25 bits per heavy atom. The van der Waals surface area contributed by atoms with Gasteiger partial charge in [-0.1, -0.05) is 0 Å². The molecule has 2 heterocycles. The number of pyridine rings is 2. The lowest BCUT2D eigenvalue weighted by molar-refractivity contribution is 0.470. The second-order valence-electron chi connectivity index (χ2n) is 3.31. The molecule has 0 saturated carbocycles. The zero-order valence-electron chi connectivity index (χ0n) is 8.85. The summed E-state index contributed by atoms with van der Waals surface area (Å²) in [6, 6.07) is 5.51. The molecule has 0 aliphatic carbocycles. The lowest BCUT2D eigenvalue weighted by atomic mass is 10.3. The van der Waals surface area contributed by atoms with Crippen molar-refractivity contribution in [3.8, 4) is 11.5 Å². The fourth-order valence-corrected chi connectivity index (χ4v) is 1.51. The van der Waals surface area contributed by atoms with E-state index in [1.807, 2.05) is 19.1 Å². The van der Waals surface area contributed by atoms with Gasteiger partial charge in [-0.2, -0.15) is 0 Å². The number of nitrogens with zero attached hydrogens (tertiary/aromatic N) is 2. The molecule has 0 bridgehead atoms. The molecule has 0 atom stereocenters. The van der Waals surface area contributed by atoms with Gasteiger partial charge in [-0.15, -0.1) is 11.6 Å². The van der Waals surface area contributed by atoms with Crippen molar-refractivity contribution in [3.05, 3.63) is 48.0 Å². The third kappa shape index (κ3) is 2.31. The SMILES string of the molecule is Cc1ncccc1Oc1ccncc1CCl. The summed E-state index contributed by atoms with van der Waals surface area (Å²) in [4.78, 5) is 8.16. The smallest absolute Gasteiger partial charge is 0.148 e. The molecule has 3 nitrogen and oxygen atoms in total. The van der Waals surface area contributed by atoms with Gasteiger partial charge in [-0.25, -0.2) is 0 Å². The molecular formula is C12H11ClN2O. The second-order valence-corrected chi connectivity index (χ2v) is 3.57. The number of aryl methyl sites for hydroxylation is 1. The van der Waals surface area contributed by atoms with Crippen molar-refractivity contribution in [2.45, 2.75) is 12.8 Å². The second kappa shape index (κ2) is 4.94. The standard InChI is InChI=1S/C12H11ClN2O/c1-9-11(3-2-5-15-9)16-12-4-6-14-8-10(12)7-13/h2-6,8H,7H2,1H3. The molecule has 0 aromatic carbocycles. The lowest BCUT2D eigenvalue weighted by Gasteiger charge is -2.09.